The molecule has 0 aromatic carbocycles. The number of hydrogen-bond acceptors (Lipinski definition) is 8. The van der Waals surface area contributed by atoms with Crippen LogP contribution in [0.4, 0.5) is 0 Å². The summed E-state index contributed by atoms with van der Waals surface area (Å²) in [5.41, 5.74) is -0.490. The number of nitrogens with zero attached hydrogens (tertiary/aromatic N) is 2. The van der Waals surface area contributed by atoms with Crippen LogP contribution in [0.1, 0.15) is 45.7 Å². The van der Waals surface area contributed by atoms with E-state index in [2.05, 4.69) is 11.9 Å². The van der Waals surface area contributed by atoms with Gasteiger partial charge in [0.05, 0.1) is 12.1 Å². The SMILES string of the molecule is CCCC[C@@H](C)Oc1ccnc(C[C@@]2(OCOC)C(=O)N(COC)[C@H]2CSC(C)=O)c1. The number of amides is 1. The Morgan fingerprint density at radius 3 is 2.77 bits per heavy atom. The zero-order valence-corrected chi connectivity index (χ0v) is 19.9. The van der Waals surface area contributed by atoms with Crippen LogP contribution in [0.25, 0.3) is 0 Å². The Hall–Kier alpha value is -1.68. The first kappa shape index (κ1) is 25.6. The molecule has 0 saturated carbocycles. The first-order chi connectivity index (χ1) is 14.9. The van der Waals surface area contributed by atoms with Crippen LogP contribution in [-0.2, 0) is 30.2 Å². The summed E-state index contributed by atoms with van der Waals surface area (Å²) in [6, 6.07) is 3.32. The van der Waals surface area contributed by atoms with Crippen LogP contribution in [0.3, 0.4) is 0 Å². The molecule has 8 nitrogen and oxygen atoms in total. The van der Waals surface area contributed by atoms with Gasteiger partial charge in [-0.05, 0) is 19.4 Å². The summed E-state index contributed by atoms with van der Waals surface area (Å²) < 4.78 is 22.3. The molecule has 0 spiro atoms. The summed E-state index contributed by atoms with van der Waals surface area (Å²) >= 11 is 1.16. The number of ether oxygens (including phenoxy) is 4. The number of thioether (sulfide) groups is 1. The molecule has 3 atom stereocenters. The number of carbonyl (C=O) groups excluding carboxylic acids is 2. The smallest absolute Gasteiger partial charge is 0.259 e. The monoisotopic (exact) mass is 454 g/mol. The summed E-state index contributed by atoms with van der Waals surface area (Å²) in [5.74, 6) is 0.911. The molecule has 0 aliphatic carbocycles. The van der Waals surface area contributed by atoms with E-state index < -0.39 is 5.60 Å². The number of β-lactam (4-membered cyclic amide) rings is 1. The van der Waals surface area contributed by atoms with E-state index >= 15 is 0 Å². The second kappa shape index (κ2) is 12.4. The number of carbonyl (C=O) groups is 2. The quantitative estimate of drug-likeness (QED) is 0.313. The molecule has 9 heteroatoms. The van der Waals surface area contributed by atoms with Gasteiger partial charge < -0.3 is 23.8 Å². The van der Waals surface area contributed by atoms with E-state index in [1.807, 2.05) is 19.1 Å². The van der Waals surface area contributed by atoms with Gasteiger partial charge in [-0.15, -0.1) is 0 Å². The summed E-state index contributed by atoms with van der Waals surface area (Å²) in [6.07, 6.45) is 5.22. The molecule has 1 aliphatic heterocycles. The van der Waals surface area contributed by atoms with Crippen molar-refractivity contribution in [2.45, 2.75) is 64.2 Å². The molecule has 0 bridgehead atoms. The highest BCUT2D eigenvalue weighted by atomic mass is 32.2. The fourth-order valence-corrected chi connectivity index (χ4v) is 4.51. The Morgan fingerprint density at radius 1 is 1.35 bits per heavy atom. The predicted octanol–water partition coefficient (Wildman–Crippen LogP) is 3.04. The van der Waals surface area contributed by atoms with Crippen molar-refractivity contribution in [2.75, 3.05) is 33.5 Å². The Bertz CT molecular complexity index is 734. The molecule has 1 aromatic rings. The van der Waals surface area contributed by atoms with Crippen molar-refractivity contribution in [3.05, 3.63) is 24.0 Å². The maximum absolute atomic E-state index is 13.1. The van der Waals surface area contributed by atoms with Crippen LogP contribution in [0, 0.1) is 0 Å². The van der Waals surface area contributed by atoms with Crippen molar-refractivity contribution in [2.24, 2.45) is 0 Å². The van der Waals surface area contributed by atoms with Crippen LogP contribution < -0.4 is 4.74 Å². The Balaban J connectivity index is 2.23. The zero-order valence-electron chi connectivity index (χ0n) is 19.1. The third kappa shape index (κ3) is 6.65. The summed E-state index contributed by atoms with van der Waals surface area (Å²) in [6.45, 7) is 5.79. The highest BCUT2D eigenvalue weighted by molar-refractivity contribution is 8.13. The lowest BCUT2D eigenvalue weighted by Crippen LogP contribution is -2.77. The Morgan fingerprint density at radius 2 is 2.13 bits per heavy atom. The molecular weight excluding hydrogens is 420 g/mol. The third-order valence-electron chi connectivity index (χ3n) is 5.22. The summed E-state index contributed by atoms with van der Waals surface area (Å²) in [4.78, 5) is 30.7. The van der Waals surface area contributed by atoms with Gasteiger partial charge in [0.1, 0.15) is 19.3 Å². The van der Waals surface area contributed by atoms with Gasteiger partial charge in [-0.3, -0.25) is 14.6 Å². The molecule has 0 unspecified atom stereocenters. The number of methoxy groups -OCH3 is 2. The van der Waals surface area contributed by atoms with Crippen molar-refractivity contribution >= 4 is 22.8 Å². The first-order valence-electron chi connectivity index (χ1n) is 10.6. The van der Waals surface area contributed by atoms with E-state index in [-0.39, 0.29) is 43.1 Å². The van der Waals surface area contributed by atoms with Gasteiger partial charge in [-0.25, -0.2) is 0 Å². The maximum Gasteiger partial charge on any atom is 0.259 e. The van der Waals surface area contributed by atoms with Crippen molar-refractivity contribution < 1.29 is 28.5 Å². The normalized spacial score (nSPS) is 21.6. The number of aromatic nitrogens is 1. The average Bonchev–Trinajstić information content (AvgIpc) is 2.74. The fraction of sp³-hybridized carbons (Fsp3) is 0.682. The molecule has 0 radical (unpaired) electrons. The lowest BCUT2D eigenvalue weighted by molar-refractivity contribution is -0.229. The molecule has 1 amide bonds. The van der Waals surface area contributed by atoms with E-state index in [0.29, 0.717) is 17.2 Å². The largest absolute Gasteiger partial charge is 0.491 e. The number of hydrogen-bond donors (Lipinski definition) is 0. The number of unbranched alkanes of at least 4 members (excludes halogenated alkanes) is 1. The standard InChI is InChI=1S/C22H34N2O6S/c1-6-7-8-16(2)30-19-9-10-23-18(11-19)12-22(29-15-28-5)20(13-31-17(3)25)24(14-27-4)21(22)26/h9-11,16,20H,6-8,12-15H2,1-5H3/t16-,20+,22+/m1/s1. The second-order valence-corrected chi connectivity index (χ2v) is 8.88. The van der Waals surface area contributed by atoms with E-state index in [1.54, 1.807) is 11.1 Å². The predicted molar refractivity (Wildman–Crippen MR) is 119 cm³/mol. The minimum absolute atomic E-state index is 0.0213. The molecule has 0 N–H and O–H groups in total. The molecular formula is C22H34N2O6S. The van der Waals surface area contributed by atoms with Crippen LogP contribution in [-0.4, -0.2) is 72.1 Å². The van der Waals surface area contributed by atoms with Crippen molar-refractivity contribution in [3.63, 3.8) is 0 Å². The Labute approximate surface area is 189 Å². The number of pyridine rings is 1. The van der Waals surface area contributed by atoms with Gasteiger partial charge in [-0.1, -0.05) is 31.5 Å². The number of rotatable bonds is 14. The van der Waals surface area contributed by atoms with Gasteiger partial charge in [0.25, 0.3) is 5.91 Å². The van der Waals surface area contributed by atoms with Crippen molar-refractivity contribution in [1.29, 1.82) is 0 Å². The van der Waals surface area contributed by atoms with Crippen LogP contribution in [0.5, 0.6) is 5.75 Å². The van der Waals surface area contributed by atoms with Crippen LogP contribution in [0.2, 0.25) is 0 Å². The summed E-state index contributed by atoms with van der Waals surface area (Å²) in [5, 5.41) is -0.0213. The lowest BCUT2D eigenvalue weighted by atomic mass is 9.79. The van der Waals surface area contributed by atoms with E-state index in [9.17, 15) is 9.59 Å². The van der Waals surface area contributed by atoms with Crippen LogP contribution >= 0.6 is 11.8 Å². The van der Waals surface area contributed by atoms with E-state index in [0.717, 1.165) is 31.0 Å². The van der Waals surface area contributed by atoms with Gasteiger partial charge in [0.2, 0.25) is 0 Å². The second-order valence-electron chi connectivity index (χ2n) is 7.68. The molecule has 1 saturated heterocycles. The first-order valence-corrected chi connectivity index (χ1v) is 11.5. The van der Waals surface area contributed by atoms with Crippen molar-refractivity contribution in [3.8, 4) is 5.75 Å². The minimum Gasteiger partial charge on any atom is -0.491 e. The molecule has 1 aromatic heterocycles. The third-order valence-corrected chi connectivity index (χ3v) is 6.11. The molecule has 174 valence electrons. The molecule has 31 heavy (non-hydrogen) atoms. The Kier molecular flexibility index (Phi) is 10.2. The average molecular weight is 455 g/mol. The topological polar surface area (TPSA) is 87.2 Å². The van der Waals surface area contributed by atoms with Gasteiger partial charge in [0, 0.05) is 51.3 Å². The van der Waals surface area contributed by atoms with Gasteiger partial charge in [-0.2, -0.15) is 0 Å². The highest BCUT2D eigenvalue weighted by Crippen LogP contribution is 2.39. The van der Waals surface area contributed by atoms with Gasteiger partial charge >= 0.3 is 0 Å². The molecule has 1 fully saturated rings. The maximum atomic E-state index is 13.1. The van der Waals surface area contributed by atoms with E-state index in [1.165, 1.54) is 21.1 Å². The van der Waals surface area contributed by atoms with E-state index in [4.69, 9.17) is 18.9 Å². The fourth-order valence-electron chi connectivity index (χ4n) is 3.67. The highest BCUT2D eigenvalue weighted by Gasteiger charge is 2.62. The van der Waals surface area contributed by atoms with Gasteiger partial charge in [0.15, 0.2) is 10.7 Å². The molecule has 1 aliphatic rings. The molecule has 2 heterocycles. The van der Waals surface area contributed by atoms with Crippen molar-refractivity contribution in [1.82, 2.24) is 9.88 Å². The zero-order chi connectivity index (χ0) is 22.9. The number of likely N-dealkylation sites (tertiary alicyclic amines) is 1. The lowest BCUT2D eigenvalue weighted by Gasteiger charge is -2.54. The van der Waals surface area contributed by atoms with Crippen LogP contribution in [0.15, 0.2) is 18.3 Å². The summed E-state index contributed by atoms with van der Waals surface area (Å²) in [7, 11) is 3.04. The minimum atomic E-state index is -1.17. The molecule has 2 rings (SSSR count).